The molecule has 1 fully saturated rings. The normalized spacial score (nSPS) is 15.4. The fourth-order valence-electron chi connectivity index (χ4n) is 3.08. The van der Waals surface area contributed by atoms with E-state index in [1.165, 1.54) is 12.8 Å². The Kier molecular flexibility index (Phi) is 5.31. The molecule has 7 heteroatoms. The monoisotopic (exact) mass is 343 g/mol. The van der Waals surface area contributed by atoms with Crippen LogP contribution in [0.5, 0.6) is 0 Å². The summed E-state index contributed by atoms with van der Waals surface area (Å²) in [5.74, 6) is 2.21. The quantitative estimate of drug-likeness (QED) is 0.898. The van der Waals surface area contributed by atoms with Gasteiger partial charge in [0.2, 0.25) is 11.9 Å². The molecule has 2 aromatic heterocycles. The van der Waals surface area contributed by atoms with E-state index in [4.69, 9.17) is 4.52 Å². The van der Waals surface area contributed by atoms with E-state index in [0.29, 0.717) is 18.5 Å². The molecule has 0 bridgehead atoms. The van der Waals surface area contributed by atoms with E-state index in [2.05, 4.69) is 32.3 Å². The summed E-state index contributed by atoms with van der Waals surface area (Å²) >= 11 is 0. The lowest BCUT2D eigenvalue weighted by Crippen LogP contribution is -2.34. The lowest BCUT2D eigenvalue weighted by atomic mass is 10.00. The molecular formula is C18H25N5O2. The summed E-state index contributed by atoms with van der Waals surface area (Å²) < 4.78 is 5.12. The summed E-state index contributed by atoms with van der Waals surface area (Å²) in [6, 6.07) is 0. The van der Waals surface area contributed by atoms with Gasteiger partial charge in [0.25, 0.3) is 0 Å². The maximum Gasteiger partial charge on any atom is 0.225 e. The van der Waals surface area contributed by atoms with E-state index >= 15 is 0 Å². The fourth-order valence-corrected chi connectivity index (χ4v) is 3.08. The van der Waals surface area contributed by atoms with Crippen LogP contribution in [0.4, 0.5) is 11.6 Å². The van der Waals surface area contributed by atoms with Gasteiger partial charge in [-0.2, -0.15) is 0 Å². The van der Waals surface area contributed by atoms with Crippen LogP contribution in [-0.4, -0.2) is 34.1 Å². The predicted octanol–water partition coefficient (Wildman–Crippen LogP) is 2.89. The number of aryl methyl sites for hydroxylation is 2. The molecule has 1 amide bonds. The maximum atomic E-state index is 12.1. The first-order chi connectivity index (χ1) is 12.0. The fraction of sp³-hybridized carbons (Fsp3) is 0.556. The third-order valence-corrected chi connectivity index (χ3v) is 4.77. The van der Waals surface area contributed by atoms with Crippen molar-refractivity contribution in [1.29, 1.82) is 0 Å². The minimum atomic E-state index is -0.0665. The first-order valence-corrected chi connectivity index (χ1v) is 8.81. The van der Waals surface area contributed by atoms with Crippen molar-refractivity contribution < 1.29 is 9.32 Å². The van der Waals surface area contributed by atoms with Crippen molar-refractivity contribution in [1.82, 2.24) is 15.1 Å². The molecule has 25 heavy (non-hydrogen) atoms. The highest BCUT2D eigenvalue weighted by Crippen LogP contribution is 2.20. The smallest absolute Gasteiger partial charge is 0.225 e. The molecule has 0 unspecified atom stereocenters. The Morgan fingerprint density at radius 1 is 1.28 bits per heavy atom. The average molecular weight is 343 g/mol. The van der Waals surface area contributed by atoms with Crippen LogP contribution in [0.2, 0.25) is 0 Å². The Morgan fingerprint density at radius 2 is 1.96 bits per heavy atom. The van der Waals surface area contributed by atoms with Gasteiger partial charge in [-0.1, -0.05) is 12.1 Å². The number of hydrogen-bond donors (Lipinski definition) is 1. The number of rotatable bonds is 5. The SMILES string of the molecule is Cc1noc(C)c1CCC(=O)Nc1cnc(N2CCC(C)CC2)nc1. The van der Waals surface area contributed by atoms with Gasteiger partial charge in [0.05, 0.1) is 23.8 Å². The van der Waals surface area contributed by atoms with Crippen LogP contribution < -0.4 is 10.2 Å². The second-order valence-electron chi connectivity index (χ2n) is 6.79. The highest BCUT2D eigenvalue weighted by Gasteiger charge is 2.18. The van der Waals surface area contributed by atoms with Crippen LogP contribution in [0, 0.1) is 19.8 Å². The third kappa shape index (κ3) is 4.35. The Morgan fingerprint density at radius 3 is 2.56 bits per heavy atom. The molecule has 3 rings (SSSR count). The molecule has 1 N–H and O–H groups in total. The first kappa shape index (κ1) is 17.4. The Hall–Kier alpha value is -2.44. The molecule has 1 aliphatic heterocycles. The van der Waals surface area contributed by atoms with Gasteiger partial charge in [0.1, 0.15) is 5.76 Å². The zero-order valence-corrected chi connectivity index (χ0v) is 15.1. The van der Waals surface area contributed by atoms with Crippen LogP contribution in [0.15, 0.2) is 16.9 Å². The van der Waals surface area contributed by atoms with Gasteiger partial charge in [0, 0.05) is 25.1 Å². The molecule has 3 heterocycles. The molecule has 2 aromatic rings. The van der Waals surface area contributed by atoms with Crippen molar-refractivity contribution in [3.8, 4) is 0 Å². The number of aromatic nitrogens is 3. The van der Waals surface area contributed by atoms with Gasteiger partial charge in [-0.15, -0.1) is 0 Å². The van der Waals surface area contributed by atoms with Crippen molar-refractivity contribution in [2.75, 3.05) is 23.3 Å². The van der Waals surface area contributed by atoms with E-state index < -0.39 is 0 Å². The highest BCUT2D eigenvalue weighted by atomic mass is 16.5. The van der Waals surface area contributed by atoms with Gasteiger partial charge in [0.15, 0.2) is 0 Å². The number of hydrogen-bond acceptors (Lipinski definition) is 6. The standard InChI is InChI=1S/C18H25N5O2/c1-12-6-8-23(9-7-12)18-19-10-15(11-20-18)21-17(24)5-4-16-13(2)22-25-14(16)3/h10-12H,4-9H2,1-3H3,(H,21,24). The summed E-state index contributed by atoms with van der Waals surface area (Å²) in [5.41, 5.74) is 2.47. The Balaban J connectivity index is 1.52. The lowest BCUT2D eigenvalue weighted by molar-refractivity contribution is -0.116. The molecule has 0 atom stereocenters. The molecule has 1 aliphatic rings. The number of nitrogens with zero attached hydrogens (tertiary/aromatic N) is 4. The van der Waals surface area contributed by atoms with Crippen molar-refractivity contribution >= 4 is 17.5 Å². The van der Waals surface area contributed by atoms with Crippen molar-refractivity contribution in [3.05, 3.63) is 29.4 Å². The van der Waals surface area contributed by atoms with Gasteiger partial charge >= 0.3 is 0 Å². The maximum absolute atomic E-state index is 12.1. The molecule has 0 spiro atoms. The van der Waals surface area contributed by atoms with E-state index in [1.807, 2.05) is 13.8 Å². The molecule has 7 nitrogen and oxygen atoms in total. The lowest BCUT2D eigenvalue weighted by Gasteiger charge is -2.30. The van der Waals surface area contributed by atoms with Gasteiger partial charge in [-0.05, 0) is 39.0 Å². The molecule has 0 saturated carbocycles. The van der Waals surface area contributed by atoms with Crippen molar-refractivity contribution in [2.45, 2.75) is 46.5 Å². The van der Waals surface area contributed by atoms with Gasteiger partial charge in [-0.25, -0.2) is 9.97 Å². The van der Waals surface area contributed by atoms with E-state index in [0.717, 1.165) is 42.0 Å². The zero-order valence-electron chi connectivity index (χ0n) is 15.1. The van der Waals surface area contributed by atoms with Crippen LogP contribution in [0.1, 0.15) is 43.2 Å². The second-order valence-corrected chi connectivity index (χ2v) is 6.79. The minimum absolute atomic E-state index is 0.0665. The highest BCUT2D eigenvalue weighted by molar-refractivity contribution is 5.90. The van der Waals surface area contributed by atoms with Crippen LogP contribution in [0.3, 0.4) is 0 Å². The zero-order chi connectivity index (χ0) is 17.8. The van der Waals surface area contributed by atoms with Crippen LogP contribution >= 0.6 is 0 Å². The van der Waals surface area contributed by atoms with E-state index in [-0.39, 0.29) is 5.91 Å². The Labute approximate surface area is 147 Å². The number of carbonyl (C=O) groups is 1. The number of piperidine rings is 1. The second kappa shape index (κ2) is 7.63. The average Bonchev–Trinajstić information content (AvgIpc) is 2.93. The summed E-state index contributed by atoms with van der Waals surface area (Å²) in [6.45, 7) is 8.01. The predicted molar refractivity (Wildman–Crippen MR) is 95.6 cm³/mol. The number of anilines is 2. The summed E-state index contributed by atoms with van der Waals surface area (Å²) in [6.07, 6.45) is 6.67. The van der Waals surface area contributed by atoms with Crippen LogP contribution in [0.25, 0.3) is 0 Å². The third-order valence-electron chi connectivity index (χ3n) is 4.77. The molecule has 0 radical (unpaired) electrons. The van der Waals surface area contributed by atoms with Crippen LogP contribution in [-0.2, 0) is 11.2 Å². The Bertz CT molecular complexity index is 698. The topological polar surface area (TPSA) is 84.2 Å². The summed E-state index contributed by atoms with van der Waals surface area (Å²) in [5, 5.41) is 6.75. The number of amides is 1. The summed E-state index contributed by atoms with van der Waals surface area (Å²) in [7, 11) is 0. The first-order valence-electron chi connectivity index (χ1n) is 8.81. The number of nitrogens with one attached hydrogen (secondary N) is 1. The minimum Gasteiger partial charge on any atom is -0.361 e. The van der Waals surface area contributed by atoms with E-state index in [9.17, 15) is 4.79 Å². The molecule has 0 aromatic carbocycles. The largest absolute Gasteiger partial charge is 0.361 e. The van der Waals surface area contributed by atoms with Crippen molar-refractivity contribution in [2.24, 2.45) is 5.92 Å². The molecule has 134 valence electrons. The number of carbonyl (C=O) groups excluding carboxylic acids is 1. The van der Waals surface area contributed by atoms with E-state index in [1.54, 1.807) is 12.4 Å². The van der Waals surface area contributed by atoms with Crippen molar-refractivity contribution in [3.63, 3.8) is 0 Å². The molecule has 1 saturated heterocycles. The molecule has 0 aliphatic carbocycles. The van der Waals surface area contributed by atoms with Gasteiger partial charge < -0.3 is 14.7 Å². The molecular weight excluding hydrogens is 318 g/mol. The van der Waals surface area contributed by atoms with Gasteiger partial charge in [-0.3, -0.25) is 4.79 Å². The summed E-state index contributed by atoms with van der Waals surface area (Å²) in [4.78, 5) is 23.1.